The molecule has 3 N–H and O–H groups in total. The van der Waals surface area contributed by atoms with Gasteiger partial charge in [0.25, 0.3) is 0 Å². The van der Waals surface area contributed by atoms with Crippen molar-refractivity contribution in [2.75, 3.05) is 0 Å². The lowest BCUT2D eigenvalue weighted by Gasteiger charge is -2.29. The topological polar surface area (TPSA) is 60.7 Å². The van der Waals surface area contributed by atoms with Gasteiger partial charge in [-0.05, 0) is 135 Å². The van der Waals surface area contributed by atoms with Crippen molar-refractivity contribution in [2.45, 2.75) is 146 Å². The molecule has 0 radical (unpaired) electrons. The molecule has 0 fully saturated rings. The second kappa shape index (κ2) is 25.5. The minimum absolute atomic E-state index is 0.0334. The molecule has 0 spiro atoms. The molecule has 0 bridgehead atoms. The Morgan fingerprint density at radius 1 is 0.491 bits per heavy atom. The minimum Gasteiger partial charge on any atom is -0.390 e. The maximum Gasteiger partial charge on any atom is 0.0654 e. The fourth-order valence-corrected chi connectivity index (χ4v) is 5.20. The quantitative estimate of drug-likeness (QED) is 0.0769. The van der Waals surface area contributed by atoms with E-state index in [1.165, 1.54) is 22.3 Å². The Kier molecular flexibility index (Phi) is 23.8. The molecule has 0 aromatic rings. The van der Waals surface area contributed by atoms with Crippen molar-refractivity contribution in [1.82, 2.24) is 0 Å². The van der Waals surface area contributed by atoms with Gasteiger partial charge in [-0.3, -0.25) is 0 Å². The summed E-state index contributed by atoms with van der Waals surface area (Å²) >= 11 is 0. The van der Waals surface area contributed by atoms with Crippen molar-refractivity contribution in [1.29, 1.82) is 0 Å². The zero-order valence-electron chi connectivity index (χ0n) is 36.0. The molecular formula is C50H76O3. The van der Waals surface area contributed by atoms with Crippen LogP contribution in [0.2, 0.25) is 0 Å². The molecule has 0 aliphatic carbocycles. The van der Waals surface area contributed by atoms with Crippen LogP contribution in [0.4, 0.5) is 0 Å². The van der Waals surface area contributed by atoms with Gasteiger partial charge in [0.1, 0.15) is 0 Å². The second-order valence-electron chi connectivity index (χ2n) is 16.8. The fraction of sp³-hybridized carbons (Fsp3) is 0.480. The van der Waals surface area contributed by atoms with E-state index in [9.17, 15) is 15.3 Å². The van der Waals surface area contributed by atoms with E-state index < -0.39 is 16.8 Å². The SMILES string of the molecule is CC(C)=CC[C@@H](CC/C(C)=C/C=C/C(C)=C/C=C/C(C)=C/C=C/C=C(C)/C=C/C=C(C)/C=C/C=C(C)/C=C/[C@H](CCC(C)(C)O)C(C)(C)O)C(C)(C)O. The summed E-state index contributed by atoms with van der Waals surface area (Å²) in [7, 11) is 0. The first kappa shape index (κ1) is 49.5. The fourth-order valence-electron chi connectivity index (χ4n) is 5.20. The summed E-state index contributed by atoms with van der Waals surface area (Å²) in [5, 5.41) is 31.2. The summed E-state index contributed by atoms with van der Waals surface area (Å²) < 4.78 is 0. The molecule has 0 saturated heterocycles. The summed E-state index contributed by atoms with van der Waals surface area (Å²) in [6, 6.07) is 0. The van der Waals surface area contributed by atoms with Crippen molar-refractivity contribution in [3.63, 3.8) is 0 Å². The Hall–Kier alpha value is -3.50. The van der Waals surface area contributed by atoms with Crippen LogP contribution in [0.3, 0.4) is 0 Å². The predicted octanol–water partition coefficient (Wildman–Crippen LogP) is 13.5. The van der Waals surface area contributed by atoms with Crippen LogP contribution < -0.4 is 0 Å². The lowest BCUT2D eigenvalue weighted by molar-refractivity contribution is 0.0136. The predicted molar refractivity (Wildman–Crippen MR) is 236 cm³/mol. The maximum absolute atomic E-state index is 10.6. The molecule has 0 aromatic heterocycles. The van der Waals surface area contributed by atoms with Gasteiger partial charge in [0.2, 0.25) is 0 Å². The van der Waals surface area contributed by atoms with Crippen molar-refractivity contribution in [3.8, 4) is 0 Å². The van der Waals surface area contributed by atoms with E-state index in [0.717, 1.165) is 42.4 Å². The third-order valence-corrected chi connectivity index (χ3v) is 8.99. The molecule has 294 valence electrons. The summed E-state index contributed by atoms with van der Waals surface area (Å²) in [4.78, 5) is 0. The minimum atomic E-state index is -0.843. The molecule has 3 nitrogen and oxygen atoms in total. The standard InChI is InChI=1S/C50H76O3/c1-39(2)31-34-46(49(11,12)52)35-32-44(7)29-19-27-42(5)25-17-23-40(3)21-15-16-22-41(4)24-18-26-43(6)28-20-30-45(8)33-36-47(50(13,14)53)37-38-48(9,10)51/h15-31,33,36,46-47,51-53H,32,34-35,37-38H2,1-14H3/b16-15+,23-17+,24-18+,27-19+,28-20+,36-33+,40-21+,41-22+,42-25+,43-26+,44-29+,45-30+/t46-,47+/m0/s1. The molecule has 0 saturated carbocycles. The summed E-state index contributed by atoms with van der Waals surface area (Å²) in [6.45, 7) is 27.9. The number of allylic oxidation sites excluding steroid dienone is 25. The van der Waals surface area contributed by atoms with Crippen LogP contribution in [0.1, 0.15) is 129 Å². The number of aliphatic hydroxyl groups is 3. The molecule has 0 heterocycles. The molecular weight excluding hydrogens is 649 g/mol. The van der Waals surface area contributed by atoms with Gasteiger partial charge in [0, 0.05) is 5.92 Å². The van der Waals surface area contributed by atoms with Gasteiger partial charge in [-0.1, -0.05) is 154 Å². The van der Waals surface area contributed by atoms with Crippen LogP contribution in [-0.2, 0) is 0 Å². The van der Waals surface area contributed by atoms with E-state index in [2.05, 4.69) is 165 Å². The summed E-state index contributed by atoms with van der Waals surface area (Å²) in [5.41, 5.74) is 6.14. The Morgan fingerprint density at radius 2 is 0.887 bits per heavy atom. The molecule has 53 heavy (non-hydrogen) atoms. The molecule has 0 rings (SSSR count). The normalized spacial score (nSPS) is 16.8. The van der Waals surface area contributed by atoms with Gasteiger partial charge in [0.15, 0.2) is 0 Å². The first-order valence-corrected chi connectivity index (χ1v) is 19.4. The Bertz CT molecular complexity index is 1490. The average Bonchev–Trinajstić information content (AvgIpc) is 3.01. The van der Waals surface area contributed by atoms with E-state index in [-0.39, 0.29) is 11.8 Å². The Labute approximate surface area is 326 Å². The van der Waals surface area contributed by atoms with Crippen molar-refractivity contribution >= 4 is 0 Å². The molecule has 0 unspecified atom stereocenters. The average molecular weight is 725 g/mol. The Balaban J connectivity index is 5.01. The van der Waals surface area contributed by atoms with Gasteiger partial charge < -0.3 is 15.3 Å². The van der Waals surface area contributed by atoms with Gasteiger partial charge in [-0.15, -0.1) is 0 Å². The lowest BCUT2D eigenvalue weighted by atomic mass is 9.83. The van der Waals surface area contributed by atoms with Crippen LogP contribution in [-0.4, -0.2) is 32.1 Å². The molecule has 0 aromatic carbocycles. The van der Waals surface area contributed by atoms with E-state index in [1.54, 1.807) is 13.8 Å². The first-order valence-electron chi connectivity index (χ1n) is 19.4. The van der Waals surface area contributed by atoms with E-state index in [0.29, 0.717) is 6.42 Å². The molecule has 3 heteroatoms. The largest absolute Gasteiger partial charge is 0.390 e. The highest BCUT2D eigenvalue weighted by Gasteiger charge is 2.27. The van der Waals surface area contributed by atoms with Gasteiger partial charge in [0.05, 0.1) is 16.8 Å². The van der Waals surface area contributed by atoms with Crippen LogP contribution in [0.25, 0.3) is 0 Å². The van der Waals surface area contributed by atoms with Crippen molar-refractivity contribution in [3.05, 3.63) is 154 Å². The highest BCUT2D eigenvalue weighted by molar-refractivity contribution is 5.33. The van der Waals surface area contributed by atoms with Gasteiger partial charge >= 0.3 is 0 Å². The molecule has 0 aliphatic heterocycles. The van der Waals surface area contributed by atoms with Crippen molar-refractivity contribution in [2.24, 2.45) is 11.8 Å². The third-order valence-electron chi connectivity index (χ3n) is 8.99. The van der Waals surface area contributed by atoms with Crippen LogP contribution in [0, 0.1) is 11.8 Å². The van der Waals surface area contributed by atoms with E-state index >= 15 is 0 Å². The highest BCUT2D eigenvalue weighted by atomic mass is 16.3. The Morgan fingerprint density at radius 3 is 1.26 bits per heavy atom. The summed E-state index contributed by atoms with van der Waals surface area (Å²) in [5.74, 6) is 0.214. The maximum atomic E-state index is 10.6. The monoisotopic (exact) mass is 725 g/mol. The highest BCUT2D eigenvalue weighted by Crippen LogP contribution is 2.28. The zero-order valence-corrected chi connectivity index (χ0v) is 36.0. The van der Waals surface area contributed by atoms with Crippen LogP contribution >= 0.6 is 0 Å². The number of hydrogen-bond acceptors (Lipinski definition) is 3. The number of rotatable bonds is 22. The van der Waals surface area contributed by atoms with Crippen LogP contribution in [0.15, 0.2) is 154 Å². The van der Waals surface area contributed by atoms with Gasteiger partial charge in [-0.2, -0.15) is 0 Å². The first-order chi connectivity index (χ1) is 24.5. The lowest BCUT2D eigenvalue weighted by Crippen LogP contribution is -2.31. The van der Waals surface area contributed by atoms with Crippen LogP contribution in [0.5, 0.6) is 0 Å². The molecule has 0 amide bonds. The van der Waals surface area contributed by atoms with Crippen molar-refractivity contribution < 1.29 is 15.3 Å². The molecule has 0 aliphatic rings. The summed E-state index contributed by atoms with van der Waals surface area (Å²) in [6.07, 6.45) is 44.1. The van der Waals surface area contributed by atoms with Gasteiger partial charge in [-0.25, -0.2) is 0 Å². The second-order valence-corrected chi connectivity index (χ2v) is 16.8. The molecule has 2 atom stereocenters. The number of hydrogen-bond donors (Lipinski definition) is 3. The third kappa shape index (κ3) is 28.7. The van der Waals surface area contributed by atoms with E-state index in [1.807, 2.05) is 33.8 Å². The zero-order chi connectivity index (χ0) is 40.7. The smallest absolute Gasteiger partial charge is 0.0654 e. The van der Waals surface area contributed by atoms with E-state index in [4.69, 9.17) is 0 Å².